The average molecular weight is 257 g/mol. The van der Waals surface area contributed by atoms with Gasteiger partial charge in [0.05, 0.1) is 5.56 Å². The van der Waals surface area contributed by atoms with Crippen molar-refractivity contribution in [3.8, 4) is 0 Å². The predicted octanol–water partition coefficient (Wildman–Crippen LogP) is 1.87. The SMILES string of the molecule is CC(CO)CCCNC(=O)c1cccnc1Cl. The van der Waals surface area contributed by atoms with Gasteiger partial charge in [0.25, 0.3) is 5.91 Å². The number of rotatable bonds is 6. The molecule has 0 fully saturated rings. The minimum absolute atomic E-state index is 0.183. The Morgan fingerprint density at radius 3 is 3.06 bits per heavy atom. The minimum Gasteiger partial charge on any atom is -0.396 e. The van der Waals surface area contributed by atoms with Crippen LogP contribution < -0.4 is 5.32 Å². The van der Waals surface area contributed by atoms with Gasteiger partial charge in [0.2, 0.25) is 0 Å². The summed E-state index contributed by atoms with van der Waals surface area (Å²) in [6.07, 6.45) is 3.27. The van der Waals surface area contributed by atoms with E-state index in [9.17, 15) is 4.79 Å². The van der Waals surface area contributed by atoms with Gasteiger partial charge in [-0.05, 0) is 30.9 Å². The molecule has 1 atom stereocenters. The molecule has 0 aromatic carbocycles. The second kappa shape index (κ2) is 7.25. The molecule has 0 bridgehead atoms. The Labute approximate surface area is 106 Å². The molecule has 0 radical (unpaired) electrons. The second-order valence-corrected chi connectivity index (χ2v) is 4.39. The van der Waals surface area contributed by atoms with Crippen molar-refractivity contribution >= 4 is 17.5 Å². The molecular weight excluding hydrogens is 240 g/mol. The van der Waals surface area contributed by atoms with Crippen LogP contribution in [0.3, 0.4) is 0 Å². The number of pyridine rings is 1. The number of carbonyl (C=O) groups excluding carboxylic acids is 1. The van der Waals surface area contributed by atoms with Crippen LogP contribution in [0.1, 0.15) is 30.1 Å². The summed E-state index contributed by atoms with van der Waals surface area (Å²) in [5.41, 5.74) is 0.393. The maximum absolute atomic E-state index is 11.7. The van der Waals surface area contributed by atoms with Gasteiger partial charge >= 0.3 is 0 Å². The predicted molar refractivity (Wildman–Crippen MR) is 67.1 cm³/mol. The lowest BCUT2D eigenvalue weighted by atomic mass is 10.1. The van der Waals surface area contributed by atoms with E-state index in [1.165, 1.54) is 0 Å². The van der Waals surface area contributed by atoms with Crippen molar-refractivity contribution in [2.75, 3.05) is 13.2 Å². The lowest BCUT2D eigenvalue weighted by Gasteiger charge is -2.08. The van der Waals surface area contributed by atoms with Crippen LogP contribution >= 0.6 is 11.6 Å². The smallest absolute Gasteiger partial charge is 0.254 e. The van der Waals surface area contributed by atoms with E-state index in [2.05, 4.69) is 10.3 Å². The third kappa shape index (κ3) is 4.71. The number of aliphatic hydroxyl groups excluding tert-OH is 1. The molecule has 0 saturated carbocycles. The molecule has 5 heteroatoms. The number of hydrogen-bond donors (Lipinski definition) is 2. The summed E-state index contributed by atoms with van der Waals surface area (Å²) in [5.74, 6) is 0.0635. The molecule has 0 saturated heterocycles. The topological polar surface area (TPSA) is 62.2 Å². The van der Waals surface area contributed by atoms with Crippen molar-refractivity contribution in [3.63, 3.8) is 0 Å². The van der Waals surface area contributed by atoms with E-state index in [1.807, 2.05) is 6.92 Å². The largest absolute Gasteiger partial charge is 0.396 e. The van der Waals surface area contributed by atoms with Gasteiger partial charge in [-0.25, -0.2) is 4.98 Å². The summed E-state index contributed by atoms with van der Waals surface area (Å²) in [6, 6.07) is 3.32. The molecule has 4 nitrogen and oxygen atoms in total. The number of halogens is 1. The first-order chi connectivity index (χ1) is 8.15. The summed E-state index contributed by atoms with van der Waals surface area (Å²) >= 11 is 5.80. The Kier molecular flexibility index (Phi) is 5.94. The van der Waals surface area contributed by atoms with Crippen molar-refractivity contribution in [1.82, 2.24) is 10.3 Å². The molecule has 1 unspecified atom stereocenters. The van der Waals surface area contributed by atoms with Crippen LogP contribution in [0.5, 0.6) is 0 Å². The van der Waals surface area contributed by atoms with E-state index >= 15 is 0 Å². The highest BCUT2D eigenvalue weighted by atomic mass is 35.5. The summed E-state index contributed by atoms with van der Waals surface area (Å²) < 4.78 is 0. The Hall–Kier alpha value is -1.13. The number of aliphatic hydroxyl groups is 1. The first kappa shape index (κ1) is 13.9. The lowest BCUT2D eigenvalue weighted by Crippen LogP contribution is -2.25. The molecule has 17 heavy (non-hydrogen) atoms. The van der Waals surface area contributed by atoms with Gasteiger partial charge in [-0.2, -0.15) is 0 Å². The van der Waals surface area contributed by atoms with Gasteiger partial charge in [0.15, 0.2) is 0 Å². The summed E-state index contributed by atoms with van der Waals surface area (Å²) in [4.78, 5) is 15.5. The number of hydrogen-bond acceptors (Lipinski definition) is 3. The van der Waals surface area contributed by atoms with E-state index < -0.39 is 0 Å². The number of carbonyl (C=O) groups is 1. The van der Waals surface area contributed by atoms with Crippen molar-refractivity contribution < 1.29 is 9.90 Å². The highest BCUT2D eigenvalue weighted by Gasteiger charge is 2.09. The van der Waals surface area contributed by atoms with Crippen molar-refractivity contribution in [2.24, 2.45) is 5.92 Å². The monoisotopic (exact) mass is 256 g/mol. The Morgan fingerprint density at radius 1 is 1.65 bits per heavy atom. The maximum Gasteiger partial charge on any atom is 0.254 e. The molecule has 0 aliphatic carbocycles. The van der Waals surface area contributed by atoms with E-state index in [-0.39, 0.29) is 23.6 Å². The van der Waals surface area contributed by atoms with Gasteiger partial charge in [0, 0.05) is 19.3 Å². The molecule has 0 spiro atoms. The Bertz CT molecular complexity index is 371. The molecule has 1 aromatic rings. The molecule has 1 rings (SSSR count). The van der Waals surface area contributed by atoms with Crippen LogP contribution in [0, 0.1) is 5.92 Å². The zero-order valence-corrected chi connectivity index (χ0v) is 10.6. The van der Waals surface area contributed by atoms with Crippen LogP contribution in [0.2, 0.25) is 5.15 Å². The fourth-order valence-electron chi connectivity index (χ4n) is 1.39. The van der Waals surface area contributed by atoms with Gasteiger partial charge in [-0.1, -0.05) is 18.5 Å². The molecule has 0 aliphatic rings. The van der Waals surface area contributed by atoms with Crippen molar-refractivity contribution in [1.29, 1.82) is 0 Å². The fourth-order valence-corrected chi connectivity index (χ4v) is 1.60. The molecule has 1 aromatic heterocycles. The molecule has 0 aliphatic heterocycles. The van der Waals surface area contributed by atoms with Crippen LogP contribution in [0.15, 0.2) is 18.3 Å². The van der Waals surface area contributed by atoms with Gasteiger partial charge < -0.3 is 10.4 Å². The van der Waals surface area contributed by atoms with E-state index in [1.54, 1.807) is 18.3 Å². The Morgan fingerprint density at radius 2 is 2.41 bits per heavy atom. The quantitative estimate of drug-likeness (QED) is 0.603. The maximum atomic E-state index is 11.7. The van der Waals surface area contributed by atoms with E-state index in [4.69, 9.17) is 16.7 Å². The third-order valence-corrected chi connectivity index (χ3v) is 2.78. The minimum atomic E-state index is -0.209. The second-order valence-electron chi connectivity index (χ2n) is 4.03. The number of nitrogens with one attached hydrogen (secondary N) is 1. The third-order valence-electron chi connectivity index (χ3n) is 2.47. The fraction of sp³-hybridized carbons (Fsp3) is 0.500. The van der Waals surface area contributed by atoms with Gasteiger partial charge in [0.1, 0.15) is 5.15 Å². The van der Waals surface area contributed by atoms with Crippen molar-refractivity contribution in [2.45, 2.75) is 19.8 Å². The normalized spacial score (nSPS) is 12.2. The summed E-state index contributed by atoms with van der Waals surface area (Å²) in [5, 5.41) is 11.8. The Balaban J connectivity index is 2.33. The van der Waals surface area contributed by atoms with Gasteiger partial charge in [-0.3, -0.25) is 4.79 Å². The van der Waals surface area contributed by atoms with Crippen LogP contribution in [0.25, 0.3) is 0 Å². The molecule has 1 amide bonds. The number of amides is 1. The van der Waals surface area contributed by atoms with Crippen LogP contribution in [-0.2, 0) is 0 Å². The molecule has 94 valence electrons. The van der Waals surface area contributed by atoms with Gasteiger partial charge in [-0.15, -0.1) is 0 Å². The zero-order valence-electron chi connectivity index (χ0n) is 9.82. The first-order valence-electron chi connectivity index (χ1n) is 5.64. The molecule has 1 heterocycles. The van der Waals surface area contributed by atoms with E-state index in [0.29, 0.717) is 12.1 Å². The van der Waals surface area contributed by atoms with Crippen LogP contribution in [-0.4, -0.2) is 29.1 Å². The first-order valence-corrected chi connectivity index (χ1v) is 6.02. The van der Waals surface area contributed by atoms with Crippen LogP contribution in [0.4, 0.5) is 0 Å². The number of aromatic nitrogens is 1. The zero-order chi connectivity index (χ0) is 12.7. The summed E-state index contributed by atoms with van der Waals surface area (Å²) in [7, 11) is 0. The standard InChI is InChI=1S/C12H17ClN2O2/c1-9(8-16)4-2-7-15-12(17)10-5-3-6-14-11(10)13/h3,5-6,9,16H,2,4,7-8H2,1H3,(H,15,17). The van der Waals surface area contributed by atoms with Crippen molar-refractivity contribution in [3.05, 3.63) is 29.0 Å². The molecular formula is C12H17ClN2O2. The highest BCUT2D eigenvalue weighted by molar-refractivity contribution is 6.32. The average Bonchev–Trinajstić information content (AvgIpc) is 2.34. The highest BCUT2D eigenvalue weighted by Crippen LogP contribution is 2.11. The number of nitrogens with zero attached hydrogens (tertiary/aromatic N) is 1. The lowest BCUT2D eigenvalue weighted by molar-refractivity contribution is 0.0952. The summed E-state index contributed by atoms with van der Waals surface area (Å²) in [6.45, 7) is 2.73. The van der Waals surface area contributed by atoms with E-state index in [0.717, 1.165) is 12.8 Å². The molecule has 2 N–H and O–H groups in total.